The number of nitrogens with one attached hydrogen (secondary N) is 1. The topological polar surface area (TPSA) is 81.8 Å². The fourth-order valence-corrected chi connectivity index (χ4v) is 2.58. The van der Waals surface area contributed by atoms with Gasteiger partial charge in [0.2, 0.25) is 0 Å². The highest BCUT2D eigenvalue weighted by molar-refractivity contribution is 5.94. The van der Waals surface area contributed by atoms with E-state index in [4.69, 9.17) is 0 Å². The van der Waals surface area contributed by atoms with Crippen LogP contribution in [0.25, 0.3) is 0 Å². The number of aryl methyl sites for hydroxylation is 1. The Hall–Kier alpha value is -3.22. The molecule has 134 valence electrons. The van der Waals surface area contributed by atoms with Crippen LogP contribution in [-0.2, 0) is 13.1 Å². The summed E-state index contributed by atoms with van der Waals surface area (Å²) >= 11 is 0. The van der Waals surface area contributed by atoms with Gasteiger partial charge in [-0.15, -0.1) is 0 Å². The fraction of sp³-hybridized carbons (Fsp3) is 0.263. The first-order valence-electron chi connectivity index (χ1n) is 8.40. The Kier molecular flexibility index (Phi) is 5.26. The molecule has 3 aromatic rings. The van der Waals surface area contributed by atoms with E-state index < -0.39 is 0 Å². The molecule has 0 aliphatic heterocycles. The summed E-state index contributed by atoms with van der Waals surface area (Å²) in [6.45, 7) is 5.02. The van der Waals surface area contributed by atoms with Crippen molar-refractivity contribution in [2.24, 2.45) is 0 Å². The Labute approximate surface area is 151 Å². The molecule has 2 aromatic heterocycles. The van der Waals surface area contributed by atoms with Crippen LogP contribution in [-0.4, -0.2) is 31.6 Å². The molecule has 0 radical (unpaired) electrons. The minimum absolute atomic E-state index is 0.0735. The van der Waals surface area contributed by atoms with E-state index in [0.29, 0.717) is 30.8 Å². The van der Waals surface area contributed by atoms with E-state index in [1.807, 2.05) is 22.9 Å². The van der Waals surface area contributed by atoms with Gasteiger partial charge in [0.05, 0.1) is 12.7 Å². The first-order chi connectivity index (χ1) is 12.5. The number of nitrogens with zero attached hydrogens (tertiary/aromatic N) is 4. The lowest BCUT2D eigenvalue weighted by Crippen LogP contribution is -2.32. The quantitative estimate of drug-likeness (QED) is 0.730. The van der Waals surface area contributed by atoms with Crippen LogP contribution in [0.2, 0.25) is 0 Å². The molecule has 0 aliphatic carbocycles. The number of amides is 1. The predicted octanol–water partition coefficient (Wildman–Crippen LogP) is 1.53. The van der Waals surface area contributed by atoms with Crippen LogP contribution in [0.1, 0.15) is 27.2 Å². The zero-order chi connectivity index (χ0) is 18.5. The number of imidazole rings is 1. The van der Waals surface area contributed by atoms with Crippen molar-refractivity contribution in [3.8, 4) is 0 Å². The van der Waals surface area contributed by atoms with Crippen molar-refractivity contribution in [1.82, 2.24) is 24.4 Å². The number of rotatable bonds is 6. The van der Waals surface area contributed by atoms with Gasteiger partial charge in [0.25, 0.3) is 11.5 Å². The molecular formula is C19H21N5O2. The standard InChI is InChI=1S/C19H21N5O2/c1-14-15(2)22-13-24(19(14)26)10-8-21-18(25)17-5-3-16(4-6-17)11-23-9-7-20-12-23/h3-7,9,12-13H,8,10-11H2,1-2H3,(H,21,25). The van der Waals surface area contributed by atoms with Gasteiger partial charge in [-0.05, 0) is 31.5 Å². The minimum atomic E-state index is -0.163. The first kappa shape index (κ1) is 17.6. The Morgan fingerprint density at radius 3 is 2.62 bits per heavy atom. The third kappa shape index (κ3) is 4.05. The van der Waals surface area contributed by atoms with Crippen LogP contribution in [0.3, 0.4) is 0 Å². The molecule has 7 nitrogen and oxygen atoms in total. The molecule has 7 heteroatoms. The highest BCUT2D eigenvalue weighted by Gasteiger charge is 2.07. The molecule has 26 heavy (non-hydrogen) atoms. The van der Waals surface area contributed by atoms with Crippen molar-refractivity contribution in [3.05, 3.63) is 82.1 Å². The van der Waals surface area contributed by atoms with E-state index in [-0.39, 0.29) is 11.5 Å². The van der Waals surface area contributed by atoms with Crippen molar-refractivity contribution in [2.75, 3.05) is 6.54 Å². The lowest BCUT2D eigenvalue weighted by atomic mass is 10.1. The second kappa shape index (κ2) is 7.77. The summed E-state index contributed by atoms with van der Waals surface area (Å²) < 4.78 is 3.47. The van der Waals surface area contributed by atoms with Crippen LogP contribution in [0.4, 0.5) is 0 Å². The van der Waals surface area contributed by atoms with E-state index in [2.05, 4.69) is 15.3 Å². The molecule has 2 heterocycles. The Morgan fingerprint density at radius 2 is 1.92 bits per heavy atom. The summed E-state index contributed by atoms with van der Waals surface area (Å²) in [4.78, 5) is 32.5. The lowest BCUT2D eigenvalue weighted by Gasteiger charge is -2.09. The zero-order valence-electron chi connectivity index (χ0n) is 14.8. The first-order valence-corrected chi connectivity index (χ1v) is 8.40. The third-order valence-electron chi connectivity index (χ3n) is 4.29. The van der Waals surface area contributed by atoms with Crippen molar-refractivity contribution in [2.45, 2.75) is 26.9 Å². The Balaban J connectivity index is 1.55. The molecule has 0 fully saturated rings. The molecular weight excluding hydrogens is 330 g/mol. The van der Waals surface area contributed by atoms with Gasteiger partial charge < -0.3 is 9.88 Å². The highest BCUT2D eigenvalue weighted by Crippen LogP contribution is 2.06. The van der Waals surface area contributed by atoms with Gasteiger partial charge in [-0.3, -0.25) is 14.2 Å². The van der Waals surface area contributed by atoms with Gasteiger partial charge in [0, 0.05) is 48.8 Å². The van der Waals surface area contributed by atoms with Crippen LogP contribution in [0, 0.1) is 13.8 Å². The number of hydrogen-bond donors (Lipinski definition) is 1. The number of benzene rings is 1. The van der Waals surface area contributed by atoms with E-state index in [1.54, 1.807) is 38.5 Å². The van der Waals surface area contributed by atoms with E-state index >= 15 is 0 Å². The molecule has 0 aliphatic rings. The average Bonchev–Trinajstić information content (AvgIpc) is 3.15. The highest BCUT2D eigenvalue weighted by atomic mass is 16.1. The maximum absolute atomic E-state index is 12.2. The van der Waals surface area contributed by atoms with Gasteiger partial charge in [-0.2, -0.15) is 0 Å². The summed E-state index contributed by atoms with van der Waals surface area (Å²) in [5.74, 6) is -0.163. The smallest absolute Gasteiger partial charge is 0.256 e. The maximum Gasteiger partial charge on any atom is 0.256 e. The molecule has 0 saturated heterocycles. The molecule has 0 unspecified atom stereocenters. The largest absolute Gasteiger partial charge is 0.350 e. The van der Waals surface area contributed by atoms with E-state index in [9.17, 15) is 9.59 Å². The van der Waals surface area contributed by atoms with E-state index in [0.717, 1.165) is 11.3 Å². The van der Waals surface area contributed by atoms with Crippen LogP contribution >= 0.6 is 0 Å². The van der Waals surface area contributed by atoms with E-state index in [1.165, 1.54) is 10.9 Å². The molecule has 1 aromatic carbocycles. The van der Waals surface area contributed by atoms with Crippen molar-refractivity contribution < 1.29 is 4.79 Å². The van der Waals surface area contributed by atoms with Gasteiger partial charge >= 0.3 is 0 Å². The molecule has 1 amide bonds. The summed E-state index contributed by atoms with van der Waals surface area (Å²) in [7, 11) is 0. The Morgan fingerprint density at radius 1 is 1.15 bits per heavy atom. The molecule has 0 bridgehead atoms. The van der Waals surface area contributed by atoms with Crippen molar-refractivity contribution in [3.63, 3.8) is 0 Å². The molecule has 0 spiro atoms. The second-order valence-electron chi connectivity index (χ2n) is 6.14. The minimum Gasteiger partial charge on any atom is -0.350 e. The van der Waals surface area contributed by atoms with Crippen LogP contribution < -0.4 is 10.9 Å². The third-order valence-corrected chi connectivity index (χ3v) is 4.29. The Bertz CT molecular complexity index is 943. The average molecular weight is 351 g/mol. The normalized spacial score (nSPS) is 10.7. The number of carbonyl (C=O) groups is 1. The van der Waals surface area contributed by atoms with Gasteiger partial charge in [0.1, 0.15) is 0 Å². The SMILES string of the molecule is Cc1ncn(CCNC(=O)c2ccc(Cn3ccnc3)cc2)c(=O)c1C. The maximum atomic E-state index is 12.2. The number of hydrogen-bond acceptors (Lipinski definition) is 4. The summed E-state index contributed by atoms with van der Waals surface area (Å²) in [6, 6.07) is 7.44. The van der Waals surface area contributed by atoms with Crippen LogP contribution in [0.15, 0.2) is 54.1 Å². The monoisotopic (exact) mass is 351 g/mol. The summed E-state index contributed by atoms with van der Waals surface area (Å²) in [5.41, 5.74) is 2.96. The zero-order valence-corrected chi connectivity index (χ0v) is 14.8. The van der Waals surface area contributed by atoms with Crippen molar-refractivity contribution >= 4 is 5.91 Å². The summed E-state index contributed by atoms with van der Waals surface area (Å²) in [5, 5.41) is 2.83. The number of aromatic nitrogens is 4. The van der Waals surface area contributed by atoms with Gasteiger partial charge in [-0.1, -0.05) is 12.1 Å². The summed E-state index contributed by atoms with van der Waals surface area (Å²) in [6.07, 6.45) is 6.90. The molecule has 0 atom stereocenters. The fourth-order valence-electron chi connectivity index (χ4n) is 2.58. The van der Waals surface area contributed by atoms with Gasteiger partial charge in [-0.25, -0.2) is 9.97 Å². The second-order valence-corrected chi connectivity index (χ2v) is 6.14. The molecule has 3 rings (SSSR count). The molecule has 1 N–H and O–H groups in total. The molecule has 0 saturated carbocycles. The van der Waals surface area contributed by atoms with Crippen LogP contribution in [0.5, 0.6) is 0 Å². The van der Waals surface area contributed by atoms with Gasteiger partial charge in [0.15, 0.2) is 0 Å². The predicted molar refractivity (Wildman–Crippen MR) is 98.1 cm³/mol. The number of carbonyl (C=O) groups excluding carboxylic acids is 1. The van der Waals surface area contributed by atoms with Crippen molar-refractivity contribution in [1.29, 1.82) is 0 Å². The lowest BCUT2D eigenvalue weighted by molar-refractivity contribution is 0.0952.